The Morgan fingerprint density at radius 1 is 0.475 bits per heavy atom. The van der Waals surface area contributed by atoms with Crippen LogP contribution in [0.3, 0.4) is 0 Å². The highest BCUT2D eigenvalue weighted by Gasteiger charge is 2.39. The lowest BCUT2D eigenvalue weighted by Gasteiger charge is -2.31. The number of anilines is 5. The van der Waals surface area contributed by atoms with E-state index in [1.165, 1.54) is 99.5 Å². The van der Waals surface area contributed by atoms with Gasteiger partial charge in [-0.3, -0.25) is 0 Å². The lowest BCUT2D eigenvalue weighted by atomic mass is 9.81. The van der Waals surface area contributed by atoms with Crippen molar-refractivity contribution in [3.63, 3.8) is 0 Å². The van der Waals surface area contributed by atoms with Crippen molar-refractivity contribution in [3.05, 3.63) is 211 Å². The van der Waals surface area contributed by atoms with E-state index in [0.717, 1.165) is 24.3 Å². The number of benzene rings is 10. The van der Waals surface area contributed by atoms with Crippen LogP contribution in [0.4, 0.5) is 28.4 Å². The van der Waals surface area contributed by atoms with Crippen molar-refractivity contribution < 1.29 is 0 Å². The van der Waals surface area contributed by atoms with Gasteiger partial charge in [0.25, 0.3) is 0 Å². The Labute approximate surface area is 345 Å². The van der Waals surface area contributed by atoms with E-state index in [1.54, 1.807) is 0 Å². The Hall–Kier alpha value is -7.16. The Bertz CT molecular complexity index is 3220. The van der Waals surface area contributed by atoms with E-state index < -0.39 is 0 Å². The molecule has 2 heteroatoms. The Morgan fingerprint density at radius 2 is 1.12 bits per heavy atom. The second-order valence-corrected chi connectivity index (χ2v) is 16.8. The van der Waals surface area contributed by atoms with Crippen LogP contribution < -0.4 is 9.80 Å². The topological polar surface area (TPSA) is 6.48 Å². The van der Waals surface area contributed by atoms with Crippen molar-refractivity contribution in [1.82, 2.24) is 0 Å². The molecule has 2 nitrogen and oxygen atoms in total. The fraction of sp³-hybridized carbons (Fsp3) is 0.0877. The van der Waals surface area contributed by atoms with Crippen molar-refractivity contribution in [2.45, 2.75) is 25.7 Å². The lowest BCUT2D eigenvalue weighted by Crippen LogP contribution is -2.17. The molecule has 1 aliphatic carbocycles. The molecule has 0 saturated heterocycles. The van der Waals surface area contributed by atoms with Gasteiger partial charge in [0.15, 0.2) is 0 Å². The summed E-state index contributed by atoms with van der Waals surface area (Å²) in [4.78, 5) is 5.02. The number of rotatable bonds is 6. The quantitative estimate of drug-likeness (QED) is 0.156. The Balaban J connectivity index is 1.14. The summed E-state index contributed by atoms with van der Waals surface area (Å²) < 4.78 is 0. The van der Waals surface area contributed by atoms with E-state index in [9.17, 15) is 0 Å². The first-order valence-electron chi connectivity index (χ1n) is 20.9. The highest BCUT2D eigenvalue weighted by Crippen LogP contribution is 2.56. The summed E-state index contributed by atoms with van der Waals surface area (Å²) in [6.07, 6.45) is 0.990. The van der Waals surface area contributed by atoms with Gasteiger partial charge in [0, 0.05) is 40.1 Å². The molecule has 0 atom stereocenters. The van der Waals surface area contributed by atoms with Crippen LogP contribution in [0.25, 0.3) is 65.7 Å². The maximum Gasteiger partial charge on any atom is 0.0540 e. The number of fused-ring (bicyclic) bond motifs is 4. The summed E-state index contributed by atoms with van der Waals surface area (Å²) in [5, 5.41) is 7.72. The fourth-order valence-electron chi connectivity index (χ4n) is 10.5. The molecule has 0 N–H and O–H groups in total. The second kappa shape index (κ2) is 12.9. The first-order chi connectivity index (χ1) is 29.0. The third-order valence-corrected chi connectivity index (χ3v) is 13.3. The summed E-state index contributed by atoms with van der Waals surface area (Å²) >= 11 is 0. The third-order valence-electron chi connectivity index (χ3n) is 13.3. The average Bonchev–Trinajstić information content (AvgIpc) is 3.83. The minimum atomic E-state index is -0.198. The normalized spacial score (nSPS) is 13.9. The number of para-hydroxylation sites is 1. The number of hydrogen-bond donors (Lipinski definition) is 0. The van der Waals surface area contributed by atoms with Crippen LogP contribution in [0, 0.1) is 0 Å². The molecule has 0 bridgehead atoms. The van der Waals surface area contributed by atoms with E-state index in [-0.39, 0.29) is 5.41 Å². The van der Waals surface area contributed by atoms with Crippen LogP contribution in [0.1, 0.15) is 30.5 Å². The van der Waals surface area contributed by atoms with Gasteiger partial charge in [-0.15, -0.1) is 0 Å². The molecule has 2 aliphatic rings. The zero-order valence-electron chi connectivity index (χ0n) is 33.3. The molecule has 0 saturated carbocycles. The largest absolute Gasteiger partial charge is 0.341 e. The van der Waals surface area contributed by atoms with Gasteiger partial charge in [-0.2, -0.15) is 0 Å². The molecule has 10 aromatic rings. The molecule has 12 rings (SSSR count). The van der Waals surface area contributed by atoms with Crippen molar-refractivity contribution in [2.75, 3.05) is 16.3 Å². The van der Waals surface area contributed by atoms with Crippen molar-refractivity contribution in [1.29, 1.82) is 0 Å². The van der Waals surface area contributed by atoms with Gasteiger partial charge in [0.1, 0.15) is 0 Å². The maximum atomic E-state index is 2.53. The fourth-order valence-corrected chi connectivity index (χ4v) is 10.5. The van der Waals surface area contributed by atoms with E-state index in [2.05, 4.69) is 218 Å². The summed E-state index contributed by atoms with van der Waals surface area (Å²) in [5.41, 5.74) is 17.7. The first kappa shape index (κ1) is 33.9. The van der Waals surface area contributed by atoms with Gasteiger partial charge >= 0.3 is 0 Å². The third kappa shape index (κ3) is 5.12. The van der Waals surface area contributed by atoms with Crippen LogP contribution in [-0.2, 0) is 11.8 Å². The molecule has 0 fully saturated rings. The maximum absolute atomic E-state index is 2.53. The molecule has 280 valence electrons. The predicted octanol–water partition coefficient (Wildman–Crippen LogP) is 15.4. The summed E-state index contributed by atoms with van der Waals surface area (Å²) in [6.45, 7) is 5.78. The molecule has 0 amide bonds. The van der Waals surface area contributed by atoms with Crippen molar-refractivity contribution >= 4 is 60.8 Å². The van der Waals surface area contributed by atoms with E-state index in [1.807, 2.05) is 0 Å². The number of hydrogen-bond acceptors (Lipinski definition) is 2. The Kier molecular flexibility index (Phi) is 7.43. The molecule has 10 aromatic carbocycles. The van der Waals surface area contributed by atoms with Crippen LogP contribution >= 0.6 is 0 Å². The molecule has 0 unspecified atom stereocenters. The van der Waals surface area contributed by atoms with Gasteiger partial charge in [-0.05, 0) is 132 Å². The van der Waals surface area contributed by atoms with Crippen LogP contribution in [0.15, 0.2) is 194 Å². The minimum Gasteiger partial charge on any atom is -0.341 e. The molecule has 0 aromatic heterocycles. The van der Waals surface area contributed by atoms with Crippen LogP contribution in [-0.4, -0.2) is 6.54 Å². The van der Waals surface area contributed by atoms with Crippen molar-refractivity contribution in [3.8, 4) is 33.4 Å². The second-order valence-electron chi connectivity index (χ2n) is 16.8. The SMILES string of the molecule is CC1(C)c2ccccc2-c2c(-c3cccc4c3CCN4c3ccccc3)cc(N(c3ccc(-c4ccccc4)cc3)c3ccc4ccc5cccc6ccc3c4c56)cc21. The smallest absolute Gasteiger partial charge is 0.0540 e. The Morgan fingerprint density at radius 3 is 1.92 bits per heavy atom. The van der Waals surface area contributed by atoms with Gasteiger partial charge < -0.3 is 9.80 Å². The van der Waals surface area contributed by atoms with Gasteiger partial charge in [0.2, 0.25) is 0 Å². The highest BCUT2D eigenvalue weighted by molar-refractivity contribution is 6.25. The summed E-state index contributed by atoms with van der Waals surface area (Å²) in [6, 6.07) is 72.3. The molecule has 0 radical (unpaired) electrons. The highest BCUT2D eigenvalue weighted by atomic mass is 15.2. The van der Waals surface area contributed by atoms with Gasteiger partial charge in [-0.25, -0.2) is 0 Å². The zero-order valence-corrected chi connectivity index (χ0v) is 33.3. The van der Waals surface area contributed by atoms with Gasteiger partial charge in [0.05, 0.1) is 5.69 Å². The number of nitrogens with zero attached hydrogens (tertiary/aromatic N) is 2. The predicted molar refractivity (Wildman–Crippen MR) is 250 cm³/mol. The molecule has 1 aliphatic heterocycles. The van der Waals surface area contributed by atoms with E-state index in [0.29, 0.717) is 0 Å². The molecule has 0 spiro atoms. The van der Waals surface area contributed by atoms with Crippen molar-refractivity contribution in [2.24, 2.45) is 0 Å². The molecule has 1 heterocycles. The molecule has 59 heavy (non-hydrogen) atoms. The van der Waals surface area contributed by atoms with Gasteiger partial charge in [-0.1, -0.05) is 159 Å². The average molecular weight is 755 g/mol. The van der Waals surface area contributed by atoms with Crippen LogP contribution in [0.2, 0.25) is 0 Å². The monoisotopic (exact) mass is 754 g/mol. The molecular formula is C57H42N2. The van der Waals surface area contributed by atoms with Crippen LogP contribution in [0.5, 0.6) is 0 Å². The summed E-state index contributed by atoms with van der Waals surface area (Å²) in [7, 11) is 0. The summed E-state index contributed by atoms with van der Waals surface area (Å²) in [5.74, 6) is 0. The van der Waals surface area contributed by atoms with E-state index in [4.69, 9.17) is 0 Å². The standard InChI is InChI=1S/C57H42N2/c1-57(2)50-21-10-9-19-47(50)56-49(45-20-12-22-52-46(45)33-34-58(52)42-17-7-4-8-18-42)35-44(36-51(56)57)59(43-29-25-38(26-30-43)37-13-5-3-6-14-37)53-32-28-41-24-23-39-15-11-16-40-27-31-48(53)55(41)54(39)40/h3-32,35-36H,33-34H2,1-2H3. The first-order valence-corrected chi connectivity index (χ1v) is 20.9. The molecular weight excluding hydrogens is 713 g/mol. The minimum absolute atomic E-state index is 0.198. The zero-order chi connectivity index (χ0) is 39.2. The lowest BCUT2D eigenvalue weighted by molar-refractivity contribution is 0.660. The van der Waals surface area contributed by atoms with E-state index >= 15 is 0 Å².